The minimum absolute atomic E-state index is 0.416. The van der Waals surface area contributed by atoms with Crippen LogP contribution in [0.2, 0.25) is 0 Å². The molecule has 7 nitrogen and oxygen atoms in total. The molecule has 1 heterocycles. The highest BCUT2D eigenvalue weighted by molar-refractivity contribution is 7.92. The molecule has 0 radical (unpaired) electrons. The van der Waals surface area contributed by atoms with Gasteiger partial charge in [-0.25, -0.2) is 13.4 Å². The minimum Gasteiger partial charge on any atom is -0.355 e. The Morgan fingerprint density at radius 3 is 2.82 bits per heavy atom. The van der Waals surface area contributed by atoms with E-state index in [4.69, 9.17) is 0 Å². The van der Waals surface area contributed by atoms with E-state index in [1.807, 2.05) is 0 Å². The SMILES string of the molecule is CC(C(=O)NCCCc1ncn[nH]1)S(C)(=O)=O. The van der Waals surface area contributed by atoms with Crippen LogP contribution < -0.4 is 5.32 Å². The van der Waals surface area contributed by atoms with Gasteiger partial charge in [-0.05, 0) is 13.3 Å². The fourth-order valence-corrected chi connectivity index (χ4v) is 1.63. The van der Waals surface area contributed by atoms with Crippen molar-refractivity contribution in [1.29, 1.82) is 0 Å². The monoisotopic (exact) mass is 260 g/mol. The third kappa shape index (κ3) is 4.51. The molecule has 8 heteroatoms. The minimum atomic E-state index is -3.32. The first-order chi connectivity index (χ1) is 7.91. The predicted octanol–water partition coefficient (Wildman–Crippen LogP) is -0.713. The Labute approximate surface area is 99.9 Å². The molecule has 0 aliphatic heterocycles. The second-order valence-corrected chi connectivity index (χ2v) is 6.16. The number of nitrogens with zero attached hydrogens (tertiary/aromatic N) is 2. The molecule has 0 bridgehead atoms. The van der Waals surface area contributed by atoms with E-state index in [0.717, 1.165) is 12.1 Å². The third-order valence-electron chi connectivity index (χ3n) is 2.37. The molecule has 1 amide bonds. The summed E-state index contributed by atoms with van der Waals surface area (Å²) in [5, 5.41) is 7.96. The summed E-state index contributed by atoms with van der Waals surface area (Å²) in [5.41, 5.74) is 0. The molecule has 0 saturated carbocycles. The molecule has 96 valence electrons. The summed E-state index contributed by atoms with van der Waals surface area (Å²) in [6, 6.07) is 0. The van der Waals surface area contributed by atoms with Gasteiger partial charge in [0, 0.05) is 19.2 Å². The topological polar surface area (TPSA) is 105 Å². The number of aromatic amines is 1. The van der Waals surface area contributed by atoms with Crippen molar-refractivity contribution >= 4 is 15.7 Å². The molecule has 1 unspecified atom stereocenters. The highest BCUT2D eigenvalue weighted by Gasteiger charge is 2.22. The molecule has 17 heavy (non-hydrogen) atoms. The van der Waals surface area contributed by atoms with E-state index >= 15 is 0 Å². The summed E-state index contributed by atoms with van der Waals surface area (Å²) < 4.78 is 22.2. The fraction of sp³-hybridized carbons (Fsp3) is 0.667. The highest BCUT2D eigenvalue weighted by Crippen LogP contribution is 1.98. The average molecular weight is 260 g/mol. The van der Waals surface area contributed by atoms with Gasteiger partial charge in [-0.15, -0.1) is 0 Å². The Balaban J connectivity index is 2.25. The van der Waals surface area contributed by atoms with Crippen LogP contribution >= 0.6 is 0 Å². The van der Waals surface area contributed by atoms with E-state index in [9.17, 15) is 13.2 Å². The summed E-state index contributed by atoms with van der Waals surface area (Å²) >= 11 is 0. The quantitative estimate of drug-likeness (QED) is 0.657. The van der Waals surface area contributed by atoms with Crippen molar-refractivity contribution in [2.75, 3.05) is 12.8 Å². The van der Waals surface area contributed by atoms with Crippen molar-refractivity contribution < 1.29 is 13.2 Å². The maximum Gasteiger partial charge on any atom is 0.238 e. The molecule has 0 aliphatic carbocycles. The average Bonchev–Trinajstić information content (AvgIpc) is 2.74. The van der Waals surface area contributed by atoms with Crippen LogP contribution in [0.25, 0.3) is 0 Å². The summed E-state index contributed by atoms with van der Waals surface area (Å²) in [6.45, 7) is 1.79. The van der Waals surface area contributed by atoms with Crippen LogP contribution in [0.3, 0.4) is 0 Å². The molecule has 1 rings (SSSR count). The molecule has 0 spiro atoms. The van der Waals surface area contributed by atoms with Crippen LogP contribution in [0.15, 0.2) is 6.33 Å². The summed E-state index contributed by atoms with van der Waals surface area (Å²) in [7, 11) is -3.32. The molecule has 0 aliphatic rings. The Hall–Kier alpha value is -1.44. The number of nitrogens with one attached hydrogen (secondary N) is 2. The van der Waals surface area contributed by atoms with Crippen molar-refractivity contribution in [2.45, 2.75) is 25.0 Å². The van der Waals surface area contributed by atoms with E-state index < -0.39 is 21.0 Å². The Kier molecular flexibility index (Phi) is 4.62. The lowest BCUT2D eigenvalue weighted by atomic mass is 10.3. The zero-order valence-electron chi connectivity index (χ0n) is 9.80. The first kappa shape index (κ1) is 13.6. The number of aryl methyl sites for hydroxylation is 1. The normalized spacial score (nSPS) is 13.3. The lowest BCUT2D eigenvalue weighted by molar-refractivity contribution is -0.120. The van der Waals surface area contributed by atoms with E-state index in [2.05, 4.69) is 20.5 Å². The number of hydrogen-bond acceptors (Lipinski definition) is 5. The van der Waals surface area contributed by atoms with Crippen LogP contribution in [0.5, 0.6) is 0 Å². The summed E-state index contributed by atoms with van der Waals surface area (Å²) in [5.74, 6) is 0.278. The van der Waals surface area contributed by atoms with Crippen LogP contribution in [0.1, 0.15) is 19.2 Å². The van der Waals surface area contributed by atoms with Crippen molar-refractivity contribution in [3.63, 3.8) is 0 Å². The molecule has 0 saturated heterocycles. The Morgan fingerprint density at radius 2 is 2.29 bits per heavy atom. The number of rotatable bonds is 6. The molecule has 0 aromatic carbocycles. The molecule has 1 atom stereocenters. The summed E-state index contributed by atoms with van der Waals surface area (Å²) in [6.07, 6.45) is 3.80. The third-order valence-corrected chi connectivity index (χ3v) is 3.86. The van der Waals surface area contributed by atoms with Crippen molar-refractivity contribution in [3.05, 3.63) is 12.2 Å². The number of hydrogen-bond donors (Lipinski definition) is 2. The van der Waals surface area contributed by atoms with Gasteiger partial charge in [0.05, 0.1) is 0 Å². The number of carbonyl (C=O) groups is 1. The lowest BCUT2D eigenvalue weighted by Crippen LogP contribution is -2.37. The highest BCUT2D eigenvalue weighted by atomic mass is 32.2. The fourth-order valence-electron chi connectivity index (χ4n) is 1.16. The van der Waals surface area contributed by atoms with E-state index in [1.165, 1.54) is 13.3 Å². The number of amides is 1. The van der Waals surface area contributed by atoms with Crippen LogP contribution in [-0.4, -0.2) is 47.6 Å². The maximum atomic E-state index is 11.4. The first-order valence-corrected chi connectivity index (χ1v) is 7.17. The van der Waals surface area contributed by atoms with Crippen LogP contribution in [0.4, 0.5) is 0 Å². The molecule has 2 N–H and O–H groups in total. The zero-order valence-corrected chi connectivity index (χ0v) is 10.6. The maximum absolute atomic E-state index is 11.4. The van der Waals surface area contributed by atoms with Gasteiger partial charge in [0.1, 0.15) is 17.4 Å². The van der Waals surface area contributed by atoms with Gasteiger partial charge < -0.3 is 5.32 Å². The second kappa shape index (κ2) is 5.76. The molecule has 1 aromatic heterocycles. The number of aromatic nitrogens is 3. The lowest BCUT2D eigenvalue weighted by Gasteiger charge is -2.09. The van der Waals surface area contributed by atoms with Crippen molar-refractivity contribution in [3.8, 4) is 0 Å². The van der Waals surface area contributed by atoms with Crippen LogP contribution in [0, 0.1) is 0 Å². The van der Waals surface area contributed by atoms with Gasteiger partial charge >= 0.3 is 0 Å². The number of H-pyrrole nitrogens is 1. The molecular weight excluding hydrogens is 244 g/mol. The standard InChI is InChI=1S/C9H16N4O3S/c1-7(17(2,15)16)9(14)10-5-3-4-8-11-6-12-13-8/h6-7H,3-5H2,1-2H3,(H,10,14)(H,11,12,13). The van der Waals surface area contributed by atoms with Crippen molar-refractivity contribution in [1.82, 2.24) is 20.5 Å². The van der Waals surface area contributed by atoms with Gasteiger partial charge in [0.15, 0.2) is 9.84 Å². The van der Waals surface area contributed by atoms with Gasteiger partial charge in [-0.3, -0.25) is 9.89 Å². The zero-order chi connectivity index (χ0) is 12.9. The van der Waals surface area contributed by atoms with Crippen LogP contribution in [-0.2, 0) is 21.1 Å². The van der Waals surface area contributed by atoms with Crippen molar-refractivity contribution in [2.24, 2.45) is 0 Å². The largest absolute Gasteiger partial charge is 0.355 e. The second-order valence-electron chi connectivity index (χ2n) is 3.80. The number of sulfone groups is 1. The van der Waals surface area contributed by atoms with Gasteiger partial charge in [0.2, 0.25) is 5.91 Å². The predicted molar refractivity (Wildman–Crippen MR) is 62.0 cm³/mol. The molecular formula is C9H16N4O3S. The van der Waals surface area contributed by atoms with E-state index in [1.54, 1.807) is 0 Å². The first-order valence-electron chi connectivity index (χ1n) is 5.22. The van der Waals surface area contributed by atoms with Gasteiger partial charge in [-0.2, -0.15) is 5.10 Å². The Morgan fingerprint density at radius 1 is 1.59 bits per heavy atom. The van der Waals surface area contributed by atoms with E-state index in [-0.39, 0.29) is 0 Å². The van der Waals surface area contributed by atoms with Gasteiger partial charge in [0.25, 0.3) is 0 Å². The smallest absolute Gasteiger partial charge is 0.238 e. The molecule has 1 aromatic rings. The Bertz CT molecular complexity index is 455. The van der Waals surface area contributed by atoms with Gasteiger partial charge in [-0.1, -0.05) is 0 Å². The van der Waals surface area contributed by atoms with E-state index in [0.29, 0.717) is 19.4 Å². The number of carbonyl (C=O) groups excluding carboxylic acids is 1. The molecule has 0 fully saturated rings. The summed E-state index contributed by atoms with van der Waals surface area (Å²) in [4.78, 5) is 15.4.